The molecule has 5 rings (SSSR count). The molecule has 8 nitrogen and oxygen atoms in total. The molecule has 0 saturated heterocycles. The minimum absolute atomic E-state index is 0.115. The van der Waals surface area contributed by atoms with Gasteiger partial charge >= 0.3 is 6.18 Å². The summed E-state index contributed by atoms with van der Waals surface area (Å²) in [7, 11) is 1.60. The standard InChI is InChI=1S/C21H16F3N5O3/c1-30-15-4-2-3-13(9-15)17-10-29-16(11-31-17)18(26-28-29)20-25-19(27-32-20)12-5-7-14(8-6-12)21(22,23)24/h2-9,17H,10-11H2,1H3/t17-/m0/s1. The van der Waals surface area contributed by atoms with Gasteiger partial charge in [-0.25, -0.2) is 4.68 Å². The van der Waals surface area contributed by atoms with Crippen molar-refractivity contribution >= 4 is 0 Å². The fraction of sp³-hybridized carbons (Fsp3) is 0.238. The minimum Gasteiger partial charge on any atom is -0.497 e. The van der Waals surface area contributed by atoms with Crippen LogP contribution >= 0.6 is 0 Å². The summed E-state index contributed by atoms with van der Waals surface area (Å²) in [6, 6.07) is 12.1. The molecule has 1 atom stereocenters. The summed E-state index contributed by atoms with van der Waals surface area (Å²) < 4.78 is 56.6. The summed E-state index contributed by atoms with van der Waals surface area (Å²) >= 11 is 0. The van der Waals surface area contributed by atoms with Crippen molar-refractivity contribution in [2.24, 2.45) is 0 Å². The fourth-order valence-electron chi connectivity index (χ4n) is 3.47. The van der Waals surface area contributed by atoms with Gasteiger partial charge in [-0.1, -0.05) is 34.6 Å². The first-order valence-corrected chi connectivity index (χ1v) is 9.62. The summed E-state index contributed by atoms with van der Waals surface area (Å²) in [5.74, 6) is 1.00. The molecule has 1 aliphatic rings. The third-order valence-corrected chi connectivity index (χ3v) is 5.16. The second kappa shape index (κ2) is 7.75. The monoisotopic (exact) mass is 443 g/mol. The smallest absolute Gasteiger partial charge is 0.416 e. The third-order valence-electron chi connectivity index (χ3n) is 5.16. The van der Waals surface area contributed by atoms with Crippen molar-refractivity contribution in [1.82, 2.24) is 25.1 Å². The van der Waals surface area contributed by atoms with Crippen LogP contribution in [0.5, 0.6) is 5.75 Å². The number of aromatic nitrogens is 5. The molecule has 0 aliphatic carbocycles. The number of benzene rings is 2. The summed E-state index contributed by atoms with van der Waals surface area (Å²) in [5.41, 5.74) is 1.64. The van der Waals surface area contributed by atoms with Crippen LogP contribution in [-0.2, 0) is 24.1 Å². The second-order valence-electron chi connectivity index (χ2n) is 7.14. The van der Waals surface area contributed by atoms with E-state index >= 15 is 0 Å². The molecular weight excluding hydrogens is 427 g/mol. The average molecular weight is 443 g/mol. The van der Waals surface area contributed by atoms with Crippen LogP contribution in [0.25, 0.3) is 23.0 Å². The van der Waals surface area contributed by atoms with Crippen LogP contribution in [0.2, 0.25) is 0 Å². The Labute approximate surface area is 179 Å². The Bertz CT molecular complexity index is 1250. The van der Waals surface area contributed by atoms with E-state index in [2.05, 4.69) is 20.5 Å². The van der Waals surface area contributed by atoms with Crippen molar-refractivity contribution in [2.75, 3.05) is 7.11 Å². The van der Waals surface area contributed by atoms with Gasteiger partial charge in [0.2, 0.25) is 5.82 Å². The van der Waals surface area contributed by atoms with Crippen molar-refractivity contribution < 1.29 is 27.2 Å². The zero-order chi connectivity index (χ0) is 22.3. The van der Waals surface area contributed by atoms with Crippen LogP contribution < -0.4 is 4.74 Å². The first-order valence-electron chi connectivity index (χ1n) is 9.62. The van der Waals surface area contributed by atoms with Gasteiger partial charge in [0.25, 0.3) is 5.89 Å². The molecule has 0 N–H and O–H groups in total. The van der Waals surface area contributed by atoms with E-state index in [1.807, 2.05) is 24.3 Å². The largest absolute Gasteiger partial charge is 0.497 e. The number of alkyl halides is 3. The van der Waals surface area contributed by atoms with Crippen molar-refractivity contribution in [3.05, 3.63) is 65.4 Å². The number of halogens is 3. The SMILES string of the molecule is COc1cccc([C@@H]2Cn3nnc(-c4nc(-c5ccc(C(F)(F)F)cc5)no4)c3CO2)c1. The third kappa shape index (κ3) is 3.71. The van der Waals surface area contributed by atoms with E-state index in [-0.39, 0.29) is 24.4 Å². The van der Waals surface area contributed by atoms with Gasteiger partial charge in [0, 0.05) is 5.56 Å². The molecule has 0 amide bonds. The molecule has 2 aromatic carbocycles. The van der Waals surface area contributed by atoms with Gasteiger partial charge in [-0.2, -0.15) is 18.2 Å². The van der Waals surface area contributed by atoms with E-state index < -0.39 is 11.7 Å². The highest BCUT2D eigenvalue weighted by molar-refractivity contribution is 5.59. The molecule has 32 heavy (non-hydrogen) atoms. The summed E-state index contributed by atoms with van der Waals surface area (Å²) in [5, 5.41) is 12.2. The maximum atomic E-state index is 12.8. The number of hydrogen-bond acceptors (Lipinski definition) is 7. The Kier molecular flexibility index (Phi) is 4.89. The first kappa shape index (κ1) is 20.2. The molecule has 1 aliphatic heterocycles. The van der Waals surface area contributed by atoms with E-state index in [1.165, 1.54) is 12.1 Å². The lowest BCUT2D eigenvalue weighted by Crippen LogP contribution is -2.22. The molecule has 2 aromatic heterocycles. The molecule has 0 unspecified atom stereocenters. The molecular formula is C21H16F3N5O3. The van der Waals surface area contributed by atoms with E-state index in [4.69, 9.17) is 14.0 Å². The van der Waals surface area contributed by atoms with Crippen LogP contribution in [0, 0.1) is 0 Å². The average Bonchev–Trinajstić information content (AvgIpc) is 3.45. The Morgan fingerprint density at radius 1 is 1.12 bits per heavy atom. The maximum absolute atomic E-state index is 12.8. The number of methoxy groups -OCH3 is 1. The predicted molar refractivity (Wildman–Crippen MR) is 104 cm³/mol. The van der Waals surface area contributed by atoms with Gasteiger partial charge in [-0.15, -0.1) is 5.10 Å². The zero-order valence-electron chi connectivity index (χ0n) is 16.7. The van der Waals surface area contributed by atoms with E-state index in [9.17, 15) is 13.2 Å². The Morgan fingerprint density at radius 3 is 2.69 bits per heavy atom. The maximum Gasteiger partial charge on any atom is 0.416 e. The van der Waals surface area contributed by atoms with Gasteiger partial charge < -0.3 is 14.0 Å². The van der Waals surface area contributed by atoms with Crippen molar-refractivity contribution in [3.63, 3.8) is 0 Å². The molecule has 0 radical (unpaired) electrons. The van der Waals surface area contributed by atoms with Gasteiger partial charge in [-0.3, -0.25) is 0 Å². The van der Waals surface area contributed by atoms with Crippen LogP contribution in [0.15, 0.2) is 53.1 Å². The molecule has 3 heterocycles. The summed E-state index contributed by atoms with van der Waals surface area (Å²) in [4.78, 5) is 4.28. The number of fused-ring (bicyclic) bond motifs is 1. The zero-order valence-corrected chi connectivity index (χ0v) is 16.7. The van der Waals surface area contributed by atoms with Crippen LogP contribution in [0.3, 0.4) is 0 Å². The van der Waals surface area contributed by atoms with Crippen molar-refractivity contribution in [1.29, 1.82) is 0 Å². The first-order chi connectivity index (χ1) is 15.4. The second-order valence-corrected chi connectivity index (χ2v) is 7.14. The van der Waals surface area contributed by atoms with Crippen LogP contribution in [0.4, 0.5) is 13.2 Å². The lowest BCUT2D eigenvalue weighted by molar-refractivity contribution is -0.137. The summed E-state index contributed by atoms with van der Waals surface area (Å²) in [6.07, 6.45) is -4.64. The molecule has 0 spiro atoms. The van der Waals surface area contributed by atoms with Gasteiger partial charge in [0.05, 0.1) is 31.5 Å². The molecule has 0 bridgehead atoms. The quantitative estimate of drug-likeness (QED) is 0.465. The lowest BCUT2D eigenvalue weighted by atomic mass is 10.1. The highest BCUT2D eigenvalue weighted by Crippen LogP contribution is 2.33. The number of hydrogen-bond donors (Lipinski definition) is 0. The molecule has 164 valence electrons. The van der Waals surface area contributed by atoms with Crippen LogP contribution in [-0.4, -0.2) is 32.2 Å². The van der Waals surface area contributed by atoms with Crippen LogP contribution in [0.1, 0.15) is 22.9 Å². The minimum atomic E-state index is -4.41. The number of rotatable bonds is 4. The Morgan fingerprint density at radius 2 is 1.94 bits per heavy atom. The Hall–Kier alpha value is -3.73. The number of ether oxygens (including phenoxy) is 2. The lowest BCUT2D eigenvalue weighted by Gasteiger charge is -2.24. The Balaban J connectivity index is 1.37. The summed E-state index contributed by atoms with van der Waals surface area (Å²) in [6.45, 7) is 0.664. The predicted octanol–water partition coefficient (Wildman–Crippen LogP) is 4.29. The topological polar surface area (TPSA) is 88.1 Å². The fourth-order valence-corrected chi connectivity index (χ4v) is 3.47. The molecule has 11 heteroatoms. The number of nitrogens with zero attached hydrogens (tertiary/aromatic N) is 5. The van der Waals surface area contributed by atoms with Crippen molar-refractivity contribution in [2.45, 2.75) is 25.4 Å². The van der Waals surface area contributed by atoms with E-state index in [0.29, 0.717) is 23.5 Å². The molecule has 0 saturated carbocycles. The highest BCUT2D eigenvalue weighted by Gasteiger charge is 2.31. The molecule has 4 aromatic rings. The van der Waals surface area contributed by atoms with E-state index in [1.54, 1.807) is 11.8 Å². The van der Waals surface area contributed by atoms with Gasteiger partial charge in [-0.05, 0) is 29.8 Å². The van der Waals surface area contributed by atoms with Gasteiger partial charge in [0.15, 0.2) is 5.69 Å². The van der Waals surface area contributed by atoms with E-state index in [0.717, 1.165) is 23.4 Å². The normalized spacial score (nSPS) is 16.1. The molecule has 0 fully saturated rings. The van der Waals surface area contributed by atoms with Gasteiger partial charge in [0.1, 0.15) is 11.9 Å². The highest BCUT2D eigenvalue weighted by atomic mass is 19.4. The van der Waals surface area contributed by atoms with Crippen molar-refractivity contribution in [3.8, 4) is 28.7 Å².